The fourth-order valence-corrected chi connectivity index (χ4v) is 0.991. The quantitative estimate of drug-likeness (QED) is 0.726. The maximum atomic E-state index is 11.2. The van der Waals surface area contributed by atoms with Gasteiger partial charge in [-0.05, 0) is 18.1 Å². The second-order valence-corrected chi connectivity index (χ2v) is 3.72. The monoisotopic (exact) mass is 201 g/mol. The van der Waals surface area contributed by atoms with Gasteiger partial charge < -0.3 is 5.32 Å². The third-order valence-corrected chi connectivity index (χ3v) is 1.77. The molecule has 0 aliphatic heterocycles. The largest absolute Gasteiger partial charge is 0.345 e. The highest BCUT2D eigenvalue weighted by Gasteiger charge is 1.96. The Morgan fingerprint density at radius 1 is 1.33 bits per heavy atom. The van der Waals surface area contributed by atoms with Crippen molar-refractivity contribution in [3.63, 3.8) is 0 Å². The smallest absolute Gasteiger partial charge is 0.296 e. The van der Waals surface area contributed by atoms with Crippen molar-refractivity contribution in [2.75, 3.05) is 6.54 Å². The van der Waals surface area contributed by atoms with Gasteiger partial charge in [-0.1, -0.05) is 38.0 Å². The number of nitrogens with one attached hydrogen (secondary N) is 1. The Morgan fingerprint density at radius 2 is 2.00 bits per heavy atom. The topological polar surface area (TPSA) is 29.1 Å². The summed E-state index contributed by atoms with van der Waals surface area (Å²) in [5, 5.41) is 2.74. The van der Waals surface area contributed by atoms with Gasteiger partial charge in [-0.15, -0.1) is 0 Å². The average molecular weight is 201 g/mol. The van der Waals surface area contributed by atoms with E-state index in [9.17, 15) is 4.79 Å². The third-order valence-electron chi connectivity index (χ3n) is 1.77. The van der Waals surface area contributed by atoms with Crippen LogP contribution in [-0.2, 0) is 4.79 Å². The summed E-state index contributed by atoms with van der Waals surface area (Å²) in [5.74, 6) is 5.60. The van der Waals surface area contributed by atoms with Crippen molar-refractivity contribution in [2.45, 2.75) is 13.8 Å². The molecule has 1 rings (SSSR count). The molecule has 2 heteroatoms. The van der Waals surface area contributed by atoms with Crippen LogP contribution in [0.5, 0.6) is 0 Å². The van der Waals surface area contributed by atoms with Crippen LogP contribution >= 0.6 is 0 Å². The van der Waals surface area contributed by atoms with Gasteiger partial charge in [-0.2, -0.15) is 0 Å². The van der Waals surface area contributed by atoms with Gasteiger partial charge in [-0.3, -0.25) is 4.79 Å². The van der Waals surface area contributed by atoms with Crippen LogP contribution in [0.1, 0.15) is 19.4 Å². The highest BCUT2D eigenvalue weighted by atomic mass is 16.1. The maximum Gasteiger partial charge on any atom is 0.296 e. The molecule has 1 N–H and O–H groups in total. The van der Waals surface area contributed by atoms with Gasteiger partial charge in [0.1, 0.15) is 0 Å². The summed E-state index contributed by atoms with van der Waals surface area (Å²) in [5.41, 5.74) is 0.859. The van der Waals surface area contributed by atoms with E-state index in [4.69, 9.17) is 0 Å². The Bertz CT molecular complexity index is 371. The Balaban J connectivity index is 2.48. The van der Waals surface area contributed by atoms with Crippen molar-refractivity contribution in [3.05, 3.63) is 35.9 Å². The molecule has 1 aromatic carbocycles. The molecule has 0 fully saturated rings. The molecule has 0 radical (unpaired) electrons. The van der Waals surface area contributed by atoms with Crippen LogP contribution < -0.4 is 5.32 Å². The van der Waals surface area contributed by atoms with Gasteiger partial charge in [0, 0.05) is 18.0 Å². The van der Waals surface area contributed by atoms with Gasteiger partial charge in [0.05, 0.1) is 0 Å². The van der Waals surface area contributed by atoms with E-state index in [0.29, 0.717) is 12.5 Å². The molecule has 0 aliphatic rings. The van der Waals surface area contributed by atoms with Gasteiger partial charge in [0.15, 0.2) is 0 Å². The average Bonchev–Trinajstić information content (AvgIpc) is 2.25. The summed E-state index contributed by atoms with van der Waals surface area (Å²) in [4.78, 5) is 11.2. The lowest BCUT2D eigenvalue weighted by molar-refractivity contribution is -0.115. The zero-order valence-electron chi connectivity index (χ0n) is 9.08. The van der Waals surface area contributed by atoms with E-state index >= 15 is 0 Å². The molecule has 0 aliphatic carbocycles. The second-order valence-electron chi connectivity index (χ2n) is 3.72. The Morgan fingerprint density at radius 3 is 2.60 bits per heavy atom. The summed E-state index contributed by atoms with van der Waals surface area (Å²) < 4.78 is 0. The molecule has 78 valence electrons. The van der Waals surface area contributed by atoms with E-state index in [-0.39, 0.29) is 5.91 Å². The molecule has 2 nitrogen and oxygen atoms in total. The van der Waals surface area contributed by atoms with Crippen LogP contribution in [0, 0.1) is 17.8 Å². The Hall–Kier alpha value is -1.75. The first-order valence-electron chi connectivity index (χ1n) is 5.03. The molecular formula is C13H15NO. The summed E-state index contributed by atoms with van der Waals surface area (Å²) in [6.07, 6.45) is 0. The first kappa shape index (κ1) is 11.3. The number of amides is 1. The minimum atomic E-state index is -0.215. The van der Waals surface area contributed by atoms with E-state index in [0.717, 1.165) is 5.56 Å². The van der Waals surface area contributed by atoms with Crippen molar-refractivity contribution in [1.29, 1.82) is 0 Å². The minimum Gasteiger partial charge on any atom is -0.345 e. The summed E-state index contributed by atoms with van der Waals surface area (Å²) in [6, 6.07) is 9.47. The molecule has 0 saturated heterocycles. The molecule has 0 spiro atoms. The van der Waals surface area contributed by atoms with Crippen LogP contribution in [0.25, 0.3) is 0 Å². The van der Waals surface area contributed by atoms with Crippen molar-refractivity contribution in [1.82, 2.24) is 5.32 Å². The number of carbonyl (C=O) groups is 1. The number of rotatable bonds is 2. The van der Waals surface area contributed by atoms with E-state index in [2.05, 4.69) is 17.2 Å². The highest BCUT2D eigenvalue weighted by molar-refractivity contribution is 5.94. The lowest BCUT2D eigenvalue weighted by Crippen LogP contribution is -2.25. The van der Waals surface area contributed by atoms with Crippen LogP contribution in [0.3, 0.4) is 0 Å². The van der Waals surface area contributed by atoms with E-state index in [1.165, 1.54) is 0 Å². The summed E-state index contributed by atoms with van der Waals surface area (Å²) >= 11 is 0. The molecular weight excluding hydrogens is 186 g/mol. The zero-order chi connectivity index (χ0) is 11.1. The van der Waals surface area contributed by atoms with Crippen molar-refractivity contribution >= 4 is 5.91 Å². The van der Waals surface area contributed by atoms with Gasteiger partial charge in [0.2, 0.25) is 0 Å². The predicted octanol–water partition coefficient (Wildman–Crippen LogP) is 1.81. The zero-order valence-corrected chi connectivity index (χ0v) is 9.08. The maximum absolute atomic E-state index is 11.2. The summed E-state index contributed by atoms with van der Waals surface area (Å²) in [6.45, 7) is 4.76. The first-order valence-corrected chi connectivity index (χ1v) is 5.03. The minimum absolute atomic E-state index is 0.215. The molecule has 15 heavy (non-hydrogen) atoms. The number of hydrogen-bond acceptors (Lipinski definition) is 1. The highest BCUT2D eigenvalue weighted by Crippen LogP contribution is 1.94. The first-order chi connectivity index (χ1) is 7.18. The van der Waals surface area contributed by atoms with Gasteiger partial charge >= 0.3 is 0 Å². The Kier molecular flexibility index (Phi) is 4.43. The fraction of sp³-hybridized carbons (Fsp3) is 0.308. The predicted molar refractivity (Wildman–Crippen MR) is 61.2 cm³/mol. The van der Waals surface area contributed by atoms with Crippen molar-refractivity contribution < 1.29 is 4.79 Å². The molecule has 0 atom stereocenters. The molecule has 0 heterocycles. The van der Waals surface area contributed by atoms with Gasteiger partial charge in [0.25, 0.3) is 5.91 Å². The standard InChI is InChI=1S/C13H15NO/c1-11(2)10-14-13(15)9-8-12-6-4-3-5-7-12/h3-7,11H,10H2,1-2H3,(H,14,15). The van der Waals surface area contributed by atoms with Crippen LogP contribution in [0.4, 0.5) is 0 Å². The number of benzene rings is 1. The van der Waals surface area contributed by atoms with Crippen LogP contribution in [0.15, 0.2) is 30.3 Å². The molecule has 0 saturated carbocycles. The number of hydrogen-bond donors (Lipinski definition) is 1. The summed E-state index contributed by atoms with van der Waals surface area (Å²) in [7, 11) is 0. The molecule has 0 unspecified atom stereocenters. The molecule has 1 aromatic rings. The van der Waals surface area contributed by atoms with E-state index in [1.807, 2.05) is 44.2 Å². The lowest BCUT2D eigenvalue weighted by atomic mass is 10.2. The Labute approximate surface area is 90.7 Å². The molecule has 0 aromatic heterocycles. The SMILES string of the molecule is CC(C)CNC(=O)C#Cc1ccccc1. The van der Waals surface area contributed by atoms with E-state index < -0.39 is 0 Å². The van der Waals surface area contributed by atoms with Crippen molar-refractivity contribution in [2.24, 2.45) is 5.92 Å². The molecule has 0 bridgehead atoms. The fourth-order valence-electron chi connectivity index (χ4n) is 0.991. The van der Waals surface area contributed by atoms with Crippen LogP contribution in [-0.4, -0.2) is 12.5 Å². The van der Waals surface area contributed by atoms with Gasteiger partial charge in [-0.25, -0.2) is 0 Å². The molecule has 1 amide bonds. The second kappa shape index (κ2) is 5.87. The lowest BCUT2D eigenvalue weighted by Gasteiger charge is -2.02. The van der Waals surface area contributed by atoms with Crippen LogP contribution in [0.2, 0.25) is 0 Å². The number of carbonyl (C=O) groups excluding carboxylic acids is 1. The normalized spacial score (nSPS) is 9.27. The van der Waals surface area contributed by atoms with E-state index in [1.54, 1.807) is 0 Å². The third kappa shape index (κ3) is 4.87. The van der Waals surface area contributed by atoms with Crippen molar-refractivity contribution in [3.8, 4) is 11.8 Å².